The van der Waals surface area contributed by atoms with Crippen molar-refractivity contribution in [2.75, 3.05) is 9.80 Å². The normalized spacial score (nSPS) is 11.3. The van der Waals surface area contributed by atoms with Crippen LogP contribution in [0.4, 0.5) is 34.1 Å². The summed E-state index contributed by atoms with van der Waals surface area (Å²) in [4.78, 5) is 4.57. The lowest BCUT2D eigenvalue weighted by atomic mass is 9.98. The Morgan fingerprint density at radius 1 is 0.231 bits per heavy atom. The topological polar surface area (TPSA) is 6.48 Å². The smallest absolute Gasteiger partial charge is 0.0462 e. The van der Waals surface area contributed by atoms with Crippen LogP contribution in [0.25, 0.3) is 35.1 Å². The lowest BCUT2D eigenvalue weighted by Gasteiger charge is -2.25. The second-order valence-electron chi connectivity index (χ2n) is 12.7. The summed E-state index contributed by atoms with van der Waals surface area (Å²) >= 11 is 0. The van der Waals surface area contributed by atoms with E-state index in [1.54, 1.807) is 0 Å². The third-order valence-corrected chi connectivity index (χ3v) is 9.26. The minimum absolute atomic E-state index is 1.12. The highest BCUT2D eigenvalue weighted by Gasteiger charge is 2.13. The molecular formula is C50H38N2. The number of rotatable bonds is 10. The summed E-state index contributed by atoms with van der Waals surface area (Å²) in [6, 6.07) is 72.7. The average Bonchev–Trinajstić information content (AvgIpc) is 3.22. The first-order chi connectivity index (χ1) is 25.8. The molecule has 8 rings (SSSR count). The predicted molar refractivity (Wildman–Crippen MR) is 224 cm³/mol. The number of hydrogen-bond donors (Lipinski definition) is 0. The first-order valence-electron chi connectivity index (χ1n) is 17.7. The van der Waals surface area contributed by atoms with Crippen molar-refractivity contribution in [2.24, 2.45) is 0 Å². The van der Waals surface area contributed by atoms with Crippen LogP contribution in [0, 0.1) is 0 Å². The van der Waals surface area contributed by atoms with Crippen LogP contribution in [-0.4, -0.2) is 0 Å². The molecule has 0 spiro atoms. The quantitative estimate of drug-likeness (QED) is 0.134. The second kappa shape index (κ2) is 15.3. The van der Waals surface area contributed by atoms with E-state index in [0.29, 0.717) is 0 Å². The molecule has 0 N–H and O–H groups in total. The van der Waals surface area contributed by atoms with Gasteiger partial charge in [0.2, 0.25) is 0 Å². The molecule has 0 aliphatic rings. The molecule has 0 aliphatic carbocycles. The summed E-state index contributed by atoms with van der Waals surface area (Å²) in [6.45, 7) is 0. The summed E-state index contributed by atoms with van der Waals surface area (Å²) in [7, 11) is 0. The Labute approximate surface area is 306 Å². The molecule has 0 fully saturated rings. The van der Waals surface area contributed by atoms with Crippen LogP contribution in [0.3, 0.4) is 0 Å². The van der Waals surface area contributed by atoms with Gasteiger partial charge < -0.3 is 9.80 Å². The molecule has 0 saturated carbocycles. The number of anilines is 6. The van der Waals surface area contributed by atoms with Gasteiger partial charge in [-0.3, -0.25) is 0 Å². The lowest BCUT2D eigenvalue weighted by molar-refractivity contribution is 1.28. The largest absolute Gasteiger partial charge is 0.311 e. The lowest BCUT2D eigenvalue weighted by Crippen LogP contribution is -2.09. The van der Waals surface area contributed by atoms with Crippen LogP contribution in [0.5, 0.6) is 0 Å². The molecule has 8 aromatic carbocycles. The van der Waals surface area contributed by atoms with Crippen LogP contribution >= 0.6 is 0 Å². The van der Waals surface area contributed by atoms with Gasteiger partial charge in [-0.15, -0.1) is 0 Å². The van der Waals surface area contributed by atoms with Crippen molar-refractivity contribution in [3.63, 3.8) is 0 Å². The summed E-state index contributed by atoms with van der Waals surface area (Å²) in [5.74, 6) is 0. The van der Waals surface area contributed by atoms with Crippen molar-refractivity contribution in [1.82, 2.24) is 0 Å². The van der Waals surface area contributed by atoms with E-state index in [1.165, 1.54) is 21.9 Å². The van der Waals surface area contributed by atoms with E-state index in [0.717, 1.165) is 45.3 Å². The Morgan fingerprint density at radius 2 is 0.500 bits per heavy atom. The van der Waals surface area contributed by atoms with Gasteiger partial charge in [-0.05, 0) is 106 Å². The molecule has 0 bridgehead atoms. The predicted octanol–water partition coefficient (Wildman–Crippen LogP) is 14.1. The Bertz CT molecular complexity index is 2160. The monoisotopic (exact) mass is 666 g/mol. The number of fused-ring (bicyclic) bond motifs is 1. The highest BCUT2D eigenvalue weighted by molar-refractivity contribution is 5.99. The maximum absolute atomic E-state index is 2.28. The molecule has 0 aliphatic heterocycles. The van der Waals surface area contributed by atoms with E-state index >= 15 is 0 Å². The zero-order valence-electron chi connectivity index (χ0n) is 28.8. The van der Waals surface area contributed by atoms with E-state index in [4.69, 9.17) is 0 Å². The molecule has 0 atom stereocenters. The first-order valence-corrected chi connectivity index (χ1v) is 17.7. The van der Waals surface area contributed by atoms with Gasteiger partial charge in [-0.1, -0.05) is 158 Å². The molecule has 0 heterocycles. The van der Waals surface area contributed by atoms with Gasteiger partial charge in [-0.25, -0.2) is 0 Å². The molecule has 2 heteroatoms. The highest BCUT2D eigenvalue weighted by atomic mass is 15.1. The fourth-order valence-electron chi connectivity index (χ4n) is 6.68. The minimum Gasteiger partial charge on any atom is -0.311 e. The third kappa shape index (κ3) is 7.19. The Morgan fingerprint density at radius 3 is 0.808 bits per heavy atom. The molecule has 8 aromatic rings. The van der Waals surface area contributed by atoms with Gasteiger partial charge in [0.25, 0.3) is 0 Å². The molecular weight excluding hydrogens is 629 g/mol. The van der Waals surface area contributed by atoms with E-state index in [-0.39, 0.29) is 0 Å². The Kier molecular flexibility index (Phi) is 9.53. The van der Waals surface area contributed by atoms with E-state index < -0.39 is 0 Å². The molecule has 0 saturated heterocycles. The van der Waals surface area contributed by atoms with Gasteiger partial charge in [0.1, 0.15) is 0 Å². The second-order valence-corrected chi connectivity index (χ2v) is 12.7. The Balaban J connectivity index is 1.02. The van der Waals surface area contributed by atoms with Gasteiger partial charge in [0.15, 0.2) is 0 Å². The summed E-state index contributed by atoms with van der Waals surface area (Å²) in [6.07, 6.45) is 8.85. The van der Waals surface area contributed by atoms with Crippen LogP contribution in [0.15, 0.2) is 206 Å². The standard InChI is InChI=1S/C50H38N2/c1-5-15-43(16-6-1)51(44-17-7-2-8-18-44)47-35-27-39(28-36-47)25-31-41-33-34-42(50-24-14-13-23-49(41)50)32-26-40-29-37-48(38-30-40)52(45-19-9-3-10-20-45)46-21-11-4-12-22-46/h1-38H/b31-25+,32-26?. The zero-order valence-corrected chi connectivity index (χ0v) is 28.8. The number of para-hydroxylation sites is 4. The van der Waals surface area contributed by atoms with Gasteiger partial charge in [-0.2, -0.15) is 0 Å². The van der Waals surface area contributed by atoms with Crippen molar-refractivity contribution >= 4 is 69.2 Å². The Hall–Kier alpha value is -6.90. The van der Waals surface area contributed by atoms with E-state index in [2.05, 4.69) is 240 Å². The maximum Gasteiger partial charge on any atom is 0.0462 e. The van der Waals surface area contributed by atoms with Crippen molar-refractivity contribution in [2.45, 2.75) is 0 Å². The van der Waals surface area contributed by atoms with Crippen LogP contribution < -0.4 is 9.80 Å². The summed E-state index contributed by atoms with van der Waals surface area (Å²) in [5, 5.41) is 2.46. The molecule has 0 amide bonds. The number of hydrogen-bond acceptors (Lipinski definition) is 2. The van der Waals surface area contributed by atoms with E-state index in [9.17, 15) is 0 Å². The number of benzene rings is 8. The van der Waals surface area contributed by atoms with E-state index in [1.807, 2.05) is 0 Å². The minimum atomic E-state index is 1.12. The maximum atomic E-state index is 2.28. The van der Waals surface area contributed by atoms with Crippen molar-refractivity contribution in [1.29, 1.82) is 0 Å². The highest BCUT2D eigenvalue weighted by Crippen LogP contribution is 2.36. The van der Waals surface area contributed by atoms with Crippen molar-refractivity contribution in [3.05, 3.63) is 229 Å². The van der Waals surface area contributed by atoms with Crippen LogP contribution in [-0.2, 0) is 0 Å². The van der Waals surface area contributed by atoms with Crippen LogP contribution in [0.1, 0.15) is 22.3 Å². The summed E-state index contributed by atoms with van der Waals surface area (Å²) < 4.78 is 0. The number of nitrogens with zero attached hydrogens (tertiary/aromatic N) is 2. The molecule has 0 unspecified atom stereocenters. The molecule has 248 valence electrons. The fourth-order valence-corrected chi connectivity index (χ4v) is 6.68. The third-order valence-electron chi connectivity index (χ3n) is 9.26. The van der Waals surface area contributed by atoms with Crippen molar-refractivity contribution < 1.29 is 0 Å². The first kappa shape index (κ1) is 32.3. The molecule has 0 radical (unpaired) electrons. The molecule has 2 nitrogen and oxygen atoms in total. The van der Waals surface area contributed by atoms with Gasteiger partial charge in [0.05, 0.1) is 0 Å². The van der Waals surface area contributed by atoms with Crippen LogP contribution in [0.2, 0.25) is 0 Å². The summed E-state index contributed by atoms with van der Waals surface area (Å²) in [5.41, 5.74) is 11.5. The zero-order chi connectivity index (χ0) is 35.0. The van der Waals surface area contributed by atoms with Gasteiger partial charge in [0, 0.05) is 34.1 Å². The molecule has 52 heavy (non-hydrogen) atoms. The van der Waals surface area contributed by atoms with Gasteiger partial charge >= 0.3 is 0 Å². The molecule has 0 aromatic heterocycles. The average molecular weight is 667 g/mol. The van der Waals surface area contributed by atoms with Crippen molar-refractivity contribution in [3.8, 4) is 0 Å². The fraction of sp³-hybridized carbons (Fsp3) is 0. The SMILES string of the molecule is C(=Cc1ccc(/C=C/c2ccc(N(c3ccccc3)c3ccccc3)cc2)c2ccccc12)c1ccc(N(c2ccccc2)c2ccccc2)cc1.